The van der Waals surface area contributed by atoms with Crippen LogP contribution in [0.4, 0.5) is 0 Å². The molecule has 3 aromatic rings. The third-order valence-electron chi connectivity index (χ3n) is 3.84. The van der Waals surface area contributed by atoms with Crippen molar-refractivity contribution in [1.82, 2.24) is 4.98 Å². The molecule has 0 aliphatic carbocycles. The predicted octanol–water partition coefficient (Wildman–Crippen LogP) is 5.48. The number of hydrogen-bond donors (Lipinski definition) is 0. The van der Waals surface area contributed by atoms with Crippen LogP contribution in [0, 0.1) is 0 Å². The van der Waals surface area contributed by atoms with Crippen LogP contribution in [-0.4, -0.2) is 4.98 Å². The Morgan fingerprint density at radius 2 is 1.67 bits per heavy atom. The van der Waals surface area contributed by atoms with Crippen LogP contribution in [0.2, 0.25) is 0 Å². The minimum absolute atomic E-state index is 0.227. The SMILES string of the molecule is CC(C=Cc1ccccc1)c1cc(OCc2ccccc2)ccn1. The highest BCUT2D eigenvalue weighted by Crippen LogP contribution is 2.21. The van der Waals surface area contributed by atoms with Crippen LogP contribution < -0.4 is 4.74 Å². The van der Waals surface area contributed by atoms with Crippen LogP contribution >= 0.6 is 0 Å². The van der Waals surface area contributed by atoms with Gasteiger partial charge in [-0.1, -0.05) is 79.7 Å². The summed E-state index contributed by atoms with van der Waals surface area (Å²) in [5, 5.41) is 0. The van der Waals surface area contributed by atoms with Gasteiger partial charge in [0.25, 0.3) is 0 Å². The van der Waals surface area contributed by atoms with Crippen molar-refractivity contribution in [3.05, 3.63) is 102 Å². The molecule has 0 N–H and O–H groups in total. The predicted molar refractivity (Wildman–Crippen MR) is 98.9 cm³/mol. The standard InChI is InChI=1S/C22H21NO/c1-18(12-13-19-8-4-2-5-9-19)22-16-21(14-15-23-22)24-17-20-10-6-3-7-11-20/h2-16,18H,17H2,1H3. The summed E-state index contributed by atoms with van der Waals surface area (Å²) < 4.78 is 5.88. The number of benzene rings is 2. The van der Waals surface area contributed by atoms with Crippen molar-refractivity contribution >= 4 is 6.08 Å². The zero-order valence-corrected chi connectivity index (χ0v) is 13.8. The highest BCUT2D eigenvalue weighted by Gasteiger charge is 2.05. The van der Waals surface area contributed by atoms with Gasteiger partial charge in [-0.05, 0) is 17.2 Å². The molecular weight excluding hydrogens is 294 g/mol. The van der Waals surface area contributed by atoms with E-state index >= 15 is 0 Å². The first-order valence-electron chi connectivity index (χ1n) is 8.17. The van der Waals surface area contributed by atoms with E-state index in [1.165, 1.54) is 5.56 Å². The van der Waals surface area contributed by atoms with E-state index in [9.17, 15) is 0 Å². The summed E-state index contributed by atoms with van der Waals surface area (Å²) in [5.74, 6) is 1.08. The van der Waals surface area contributed by atoms with Crippen LogP contribution in [-0.2, 0) is 6.61 Å². The van der Waals surface area contributed by atoms with Crippen molar-refractivity contribution in [1.29, 1.82) is 0 Å². The maximum Gasteiger partial charge on any atom is 0.123 e. The van der Waals surface area contributed by atoms with E-state index < -0.39 is 0 Å². The van der Waals surface area contributed by atoms with E-state index in [0.29, 0.717) is 6.61 Å². The lowest BCUT2D eigenvalue weighted by Gasteiger charge is -2.10. The van der Waals surface area contributed by atoms with Gasteiger partial charge in [-0.15, -0.1) is 0 Å². The summed E-state index contributed by atoms with van der Waals surface area (Å²) in [6, 6.07) is 24.4. The van der Waals surface area contributed by atoms with Crippen molar-refractivity contribution in [2.75, 3.05) is 0 Å². The largest absolute Gasteiger partial charge is 0.489 e. The molecule has 0 radical (unpaired) electrons. The molecule has 3 rings (SSSR count). The fourth-order valence-electron chi connectivity index (χ4n) is 2.43. The Bertz CT molecular complexity index is 781. The number of pyridine rings is 1. The number of allylic oxidation sites excluding steroid dienone is 1. The van der Waals surface area contributed by atoms with Gasteiger partial charge in [-0.3, -0.25) is 4.98 Å². The maximum atomic E-state index is 5.88. The van der Waals surface area contributed by atoms with E-state index in [1.54, 1.807) is 0 Å². The van der Waals surface area contributed by atoms with Gasteiger partial charge in [0, 0.05) is 18.2 Å². The maximum absolute atomic E-state index is 5.88. The molecule has 0 aliphatic rings. The van der Waals surface area contributed by atoms with Crippen LogP contribution in [0.3, 0.4) is 0 Å². The third kappa shape index (κ3) is 4.56. The molecule has 2 aromatic carbocycles. The van der Waals surface area contributed by atoms with Crippen LogP contribution in [0.1, 0.15) is 29.7 Å². The van der Waals surface area contributed by atoms with Crippen molar-refractivity contribution in [3.63, 3.8) is 0 Å². The second kappa shape index (κ2) is 8.11. The lowest BCUT2D eigenvalue weighted by molar-refractivity contribution is 0.305. The summed E-state index contributed by atoms with van der Waals surface area (Å²) >= 11 is 0. The van der Waals surface area contributed by atoms with Gasteiger partial charge in [-0.2, -0.15) is 0 Å². The highest BCUT2D eigenvalue weighted by molar-refractivity contribution is 5.50. The van der Waals surface area contributed by atoms with Gasteiger partial charge in [0.15, 0.2) is 0 Å². The first-order valence-corrected chi connectivity index (χ1v) is 8.17. The molecule has 1 heterocycles. The summed E-state index contributed by atoms with van der Waals surface area (Å²) in [6.45, 7) is 2.71. The van der Waals surface area contributed by atoms with E-state index in [4.69, 9.17) is 4.74 Å². The molecule has 2 heteroatoms. The zero-order valence-electron chi connectivity index (χ0n) is 13.8. The first-order chi connectivity index (χ1) is 11.8. The van der Waals surface area contributed by atoms with E-state index in [2.05, 4.69) is 48.3 Å². The second-order valence-electron chi connectivity index (χ2n) is 5.75. The Hall–Kier alpha value is -2.87. The summed E-state index contributed by atoms with van der Waals surface area (Å²) in [7, 11) is 0. The lowest BCUT2D eigenvalue weighted by atomic mass is 10.0. The zero-order chi connectivity index (χ0) is 16.6. The van der Waals surface area contributed by atoms with Gasteiger partial charge < -0.3 is 4.74 Å². The normalized spacial score (nSPS) is 12.2. The summed E-state index contributed by atoms with van der Waals surface area (Å²) in [4.78, 5) is 4.48. The average molecular weight is 315 g/mol. The Labute approximate surface area is 143 Å². The monoisotopic (exact) mass is 315 g/mol. The Morgan fingerprint density at radius 3 is 2.42 bits per heavy atom. The molecule has 0 aliphatic heterocycles. The van der Waals surface area contributed by atoms with Crippen LogP contribution in [0.5, 0.6) is 5.75 Å². The topological polar surface area (TPSA) is 22.1 Å². The quantitative estimate of drug-likeness (QED) is 0.601. The van der Waals surface area contributed by atoms with Crippen molar-refractivity contribution in [2.24, 2.45) is 0 Å². The van der Waals surface area contributed by atoms with Gasteiger partial charge in [0.05, 0.1) is 5.69 Å². The molecule has 1 atom stereocenters. The number of rotatable bonds is 6. The van der Waals surface area contributed by atoms with E-state index in [0.717, 1.165) is 17.0 Å². The molecule has 24 heavy (non-hydrogen) atoms. The Kier molecular flexibility index (Phi) is 5.41. The molecule has 120 valence electrons. The Morgan fingerprint density at radius 1 is 0.958 bits per heavy atom. The fourth-order valence-corrected chi connectivity index (χ4v) is 2.43. The average Bonchev–Trinajstić information content (AvgIpc) is 2.66. The smallest absolute Gasteiger partial charge is 0.123 e. The number of hydrogen-bond acceptors (Lipinski definition) is 2. The summed E-state index contributed by atoms with van der Waals surface area (Å²) in [5.41, 5.74) is 3.36. The van der Waals surface area contributed by atoms with Crippen molar-refractivity contribution in [2.45, 2.75) is 19.4 Å². The molecule has 0 amide bonds. The highest BCUT2D eigenvalue weighted by atomic mass is 16.5. The number of aromatic nitrogens is 1. The third-order valence-corrected chi connectivity index (χ3v) is 3.84. The molecule has 1 unspecified atom stereocenters. The molecule has 2 nitrogen and oxygen atoms in total. The number of ether oxygens (including phenoxy) is 1. The molecule has 0 fully saturated rings. The minimum Gasteiger partial charge on any atom is -0.489 e. The van der Waals surface area contributed by atoms with Gasteiger partial charge in [0.1, 0.15) is 12.4 Å². The van der Waals surface area contributed by atoms with Crippen LogP contribution in [0.25, 0.3) is 6.08 Å². The first kappa shape index (κ1) is 16.0. The molecule has 0 spiro atoms. The molecule has 0 saturated heterocycles. The molecular formula is C22H21NO. The van der Waals surface area contributed by atoms with E-state index in [1.807, 2.05) is 54.7 Å². The van der Waals surface area contributed by atoms with Gasteiger partial charge in [-0.25, -0.2) is 0 Å². The minimum atomic E-state index is 0.227. The molecule has 0 saturated carbocycles. The second-order valence-corrected chi connectivity index (χ2v) is 5.75. The number of nitrogens with zero attached hydrogens (tertiary/aromatic N) is 1. The lowest BCUT2D eigenvalue weighted by Crippen LogP contribution is -1.98. The van der Waals surface area contributed by atoms with Gasteiger partial charge in [0.2, 0.25) is 0 Å². The van der Waals surface area contributed by atoms with Crippen LogP contribution in [0.15, 0.2) is 85.1 Å². The fraction of sp³-hybridized carbons (Fsp3) is 0.136. The van der Waals surface area contributed by atoms with Crippen molar-refractivity contribution < 1.29 is 4.74 Å². The molecule has 1 aromatic heterocycles. The Balaban J connectivity index is 1.65. The van der Waals surface area contributed by atoms with Crippen molar-refractivity contribution in [3.8, 4) is 5.75 Å². The van der Waals surface area contributed by atoms with E-state index in [-0.39, 0.29) is 5.92 Å². The van der Waals surface area contributed by atoms with Gasteiger partial charge >= 0.3 is 0 Å². The molecule has 0 bridgehead atoms. The summed E-state index contributed by atoms with van der Waals surface area (Å²) in [6.07, 6.45) is 6.10.